The first kappa shape index (κ1) is 18.8. The van der Waals surface area contributed by atoms with E-state index in [1.54, 1.807) is 31.4 Å². The molecule has 0 amide bonds. The number of halogens is 1. The van der Waals surface area contributed by atoms with E-state index in [-0.39, 0.29) is 12.6 Å². The summed E-state index contributed by atoms with van der Waals surface area (Å²) in [4.78, 5) is 14.2. The van der Waals surface area contributed by atoms with Crippen LogP contribution in [0.25, 0.3) is 10.4 Å². The SMILES string of the molecule is COc1ccc2c(c1)CCc1cc(C(=O)OCCOc3ccc(Cl)cc3)sc1-2. The molecule has 0 aliphatic heterocycles. The van der Waals surface area contributed by atoms with Crippen LogP contribution in [-0.2, 0) is 17.6 Å². The number of benzene rings is 2. The van der Waals surface area contributed by atoms with Gasteiger partial charge in [-0.2, -0.15) is 0 Å². The first-order valence-corrected chi connectivity index (χ1v) is 10.2. The smallest absolute Gasteiger partial charge is 0.348 e. The molecule has 0 bridgehead atoms. The second kappa shape index (κ2) is 8.25. The first-order valence-electron chi connectivity index (χ1n) is 8.99. The number of carbonyl (C=O) groups is 1. The van der Waals surface area contributed by atoms with Crippen molar-refractivity contribution in [1.29, 1.82) is 0 Å². The number of hydrogen-bond acceptors (Lipinski definition) is 5. The average Bonchev–Trinajstić information content (AvgIpc) is 3.17. The fourth-order valence-electron chi connectivity index (χ4n) is 3.23. The summed E-state index contributed by atoms with van der Waals surface area (Å²) in [6, 6.07) is 15.1. The van der Waals surface area contributed by atoms with Crippen LogP contribution < -0.4 is 9.47 Å². The highest BCUT2D eigenvalue weighted by molar-refractivity contribution is 7.17. The van der Waals surface area contributed by atoms with Crippen LogP contribution in [0.5, 0.6) is 11.5 Å². The summed E-state index contributed by atoms with van der Waals surface area (Å²) >= 11 is 7.33. The predicted octanol–water partition coefficient (Wildman–Crippen LogP) is 5.41. The molecule has 0 saturated heterocycles. The number of esters is 1. The summed E-state index contributed by atoms with van der Waals surface area (Å²) < 4.78 is 16.2. The topological polar surface area (TPSA) is 44.8 Å². The van der Waals surface area contributed by atoms with Crippen molar-refractivity contribution < 1.29 is 19.0 Å². The van der Waals surface area contributed by atoms with Crippen molar-refractivity contribution in [1.82, 2.24) is 0 Å². The Kier molecular flexibility index (Phi) is 5.55. The fourth-order valence-corrected chi connectivity index (χ4v) is 4.52. The number of rotatable bonds is 6. The molecule has 1 aliphatic rings. The van der Waals surface area contributed by atoms with E-state index < -0.39 is 0 Å². The van der Waals surface area contributed by atoms with E-state index in [9.17, 15) is 4.79 Å². The van der Waals surface area contributed by atoms with E-state index in [2.05, 4.69) is 12.1 Å². The van der Waals surface area contributed by atoms with E-state index in [1.807, 2.05) is 12.1 Å². The number of hydrogen-bond donors (Lipinski definition) is 0. The highest BCUT2D eigenvalue weighted by Gasteiger charge is 2.22. The zero-order chi connectivity index (χ0) is 19.5. The van der Waals surface area contributed by atoms with Gasteiger partial charge in [0.2, 0.25) is 0 Å². The molecule has 0 atom stereocenters. The van der Waals surface area contributed by atoms with Gasteiger partial charge in [-0.05, 0) is 78.1 Å². The normalized spacial score (nSPS) is 12.1. The molecule has 1 aromatic heterocycles. The summed E-state index contributed by atoms with van der Waals surface area (Å²) in [5, 5.41) is 0.653. The molecular weight excluding hydrogens is 396 g/mol. The molecule has 0 radical (unpaired) electrons. The van der Waals surface area contributed by atoms with Crippen molar-refractivity contribution >= 4 is 28.9 Å². The maximum absolute atomic E-state index is 12.4. The lowest BCUT2D eigenvalue weighted by Crippen LogP contribution is -2.11. The zero-order valence-electron chi connectivity index (χ0n) is 15.4. The molecule has 1 aliphatic carbocycles. The molecular formula is C22H19ClO4S. The largest absolute Gasteiger partial charge is 0.497 e. The number of thiophene rings is 1. The van der Waals surface area contributed by atoms with Crippen LogP contribution in [0.15, 0.2) is 48.5 Å². The number of aryl methyl sites for hydroxylation is 2. The summed E-state index contributed by atoms with van der Waals surface area (Å²) in [5.41, 5.74) is 3.63. The zero-order valence-corrected chi connectivity index (χ0v) is 16.9. The lowest BCUT2D eigenvalue weighted by Gasteiger charge is -2.16. The molecule has 2 aromatic carbocycles. The molecule has 0 N–H and O–H groups in total. The molecule has 28 heavy (non-hydrogen) atoms. The van der Waals surface area contributed by atoms with Crippen LogP contribution in [0, 0.1) is 0 Å². The number of fused-ring (bicyclic) bond motifs is 3. The monoisotopic (exact) mass is 414 g/mol. The lowest BCUT2D eigenvalue weighted by atomic mass is 9.91. The van der Waals surface area contributed by atoms with Gasteiger partial charge >= 0.3 is 5.97 Å². The molecule has 0 saturated carbocycles. The van der Waals surface area contributed by atoms with E-state index >= 15 is 0 Å². The van der Waals surface area contributed by atoms with Gasteiger partial charge in [0.05, 0.1) is 7.11 Å². The van der Waals surface area contributed by atoms with Gasteiger partial charge in [0.1, 0.15) is 29.6 Å². The third kappa shape index (κ3) is 4.01. The highest BCUT2D eigenvalue weighted by atomic mass is 35.5. The molecule has 4 nitrogen and oxygen atoms in total. The maximum atomic E-state index is 12.4. The quantitative estimate of drug-likeness (QED) is 0.399. The number of carbonyl (C=O) groups excluding carboxylic acids is 1. The van der Waals surface area contributed by atoms with Gasteiger partial charge in [0, 0.05) is 9.90 Å². The van der Waals surface area contributed by atoms with Crippen molar-refractivity contribution in [2.24, 2.45) is 0 Å². The minimum atomic E-state index is -0.311. The van der Waals surface area contributed by atoms with Crippen molar-refractivity contribution in [2.75, 3.05) is 20.3 Å². The Labute approximate surface area is 172 Å². The molecule has 0 spiro atoms. The van der Waals surface area contributed by atoms with Gasteiger partial charge in [-0.15, -0.1) is 11.3 Å². The Morgan fingerprint density at radius 1 is 1.00 bits per heavy atom. The second-order valence-corrected chi connectivity index (χ2v) is 7.92. The Balaban J connectivity index is 1.38. The lowest BCUT2D eigenvalue weighted by molar-refractivity contribution is 0.0456. The second-order valence-electron chi connectivity index (χ2n) is 6.43. The van der Waals surface area contributed by atoms with Gasteiger partial charge in [-0.3, -0.25) is 0 Å². The van der Waals surface area contributed by atoms with Crippen LogP contribution in [0.2, 0.25) is 5.02 Å². The molecule has 3 aromatic rings. The van der Waals surface area contributed by atoms with Crippen LogP contribution in [-0.4, -0.2) is 26.3 Å². The standard InChI is InChI=1S/C22H19ClO4S/c1-25-18-8-9-19-14(12-18)2-3-15-13-20(28-21(15)19)22(24)27-11-10-26-17-6-4-16(23)5-7-17/h4-9,12-13H,2-3,10-11H2,1H3. The molecule has 6 heteroatoms. The molecule has 1 heterocycles. The number of methoxy groups -OCH3 is 1. The van der Waals surface area contributed by atoms with E-state index in [0.29, 0.717) is 22.3 Å². The molecule has 0 unspecified atom stereocenters. The minimum absolute atomic E-state index is 0.192. The molecule has 0 fully saturated rings. The summed E-state index contributed by atoms with van der Waals surface area (Å²) in [6.07, 6.45) is 1.86. The van der Waals surface area contributed by atoms with Gasteiger partial charge in [-0.25, -0.2) is 4.79 Å². The molecule has 144 valence electrons. The Bertz CT molecular complexity index is 994. The van der Waals surface area contributed by atoms with Gasteiger partial charge in [0.25, 0.3) is 0 Å². The van der Waals surface area contributed by atoms with Gasteiger partial charge in [-0.1, -0.05) is 11.6 Å². The molecule has 4 rings (SSSR count). The predicted molar refractivity (Wildman–Crippen MR) is 111 cm³/mol. The van der Waals surface area contributed by atoms with E-state index in [0.717, 1.165) is 23.5 Å². The van der Waals surface area contributed by atoms with Gasteiger partial charge < -0.3 is 14.2 Å². The van der Waals surface area contributed by atoms with E-state index in [4.69, 9.17) is 25.8 Å². The van der Waals surface area contributed by atoms with Gasteiger partial charge in [0.15, 0.2) is 0 Å². The van der Waals surface area contributed by atoms with Crippen molar-refractivity contribution in [3.63, 3.8) is 0 Å². The summed E-state index contributed by atoms with van der Waals surface area (Å²) in [7, 11) is 1.67. The van der Waals surface area contributed by atoms with Crippen molar-refractivity contribution in [3.8, 4) is 21.9 Å². The van der Waals surface area contributed by atoms with Crippen LogP contribution in [0.4, 0.5) is 0 Å². The fraction of sp³-hybridized carbons (Fsp3) is 0.227. The first-order chi connectivity index (χ1) is 13.6. The summed E-state index contributed by atoms with van der Waals surface area (Å²) in [5.74, 6) is 1.24. The maximum Gasteiger partial charge on any atom is 0.348 e. The Morgan fingerprint density at radius 2 is 1.75 bits per heavy atom. The van der Waals surface area contributed by atoms with Crippen LogP contribution in [0.3, 0.4) is 0 Å². The van der Waals surface area contributed by atoms with E-state index in [1.165, 1.54) is 28.0 Å². The van der Waals surface area contributed by atoms with Crippen molar-refractivity contribution in [3.05, 3.63) is 69.6 Å². The third-order valence-corrected chi connectivity index (χ3v) is 6.07. The van der Waals surface area contributed by atoms with Crippen LogP contribution >= 0.6 is 22.9 Å². The average molecular weight is 415 g/mol. The highest BCUT2D eigenvalue weighted by Crippen LogP contribution is 2.41. The Hall–Kier alpha value is -2.50. The van der Waals surface area contributed by atoms with Crippen molar-refractivity contribution in [2.45, 2.75) is 12.8 Å². The minimum Gasteiger partial charge on any atom is -0.497 e. The van der Waals surface area contributed by atoms with Crippen LogP contribution in [0.1, 0.15) is 20.8 Å². The number of ether oxygens (including phenoxy) is 3. The third-order valence-electron chi connectivity index (χ3n) is 4.63. The summed E-state index contributed by atoms with van der Waals surface area (Å²) in [6.45, 7) is 0.485. The Morgan fingerprint density at radius 3 is 2.54 bits per heavy atom.